The van der Waals surface area contributed by atoms with Crippen molar-refractivity contribution in [1.82, 2.24) is 20.0 Å². The molecular formula is C22H33FN4O2. The number of hydrogen-bond acceptors (Lipinski definition) is 4. The second-order valence-corrected chi connectivity index (χ2v) is 8.06. The normalized spacial score (nSPS) is 20.5. The Bertz CT molecular complexity index is 676. The number of halogens is 1. The highest BCUT2D eigenvalue weighted by Gasteiger charge is 2.23. The summed E-state index contributed by atoms with van der Waals surface area (Å²) in [4.78, 5) is 31.7. The molecule has 2 aliphatic rings. The van der Waals surface area contributed by atoms with Crippen LogP contribution in [0.15, 0.2) is 24.3 Å². The van der Waals surface area contributed by atoms with Gasteiger partial charge in [-0.2, -0.15) is 0 Å². The molecule has 1 aromatic carbocycles. The molecule has 0 bridgehead atoms. The molecule has 160 valence electrons. The lowest BCUT2D eigenvalue weighted by Gasteiger charge is -2.35. The maximum atomic E-state index is 13.3. The molecule has 0 aliphatic carbocycles. The van der Waals surface area contributed by atoms with Gasteiger partial charge < -0.3 is 15.1 Å². The Labute approximate surface area is 173 Å². The summed E-state index contributed by atoms with van der Waals surface area (Å²) < 4.78 is 13.3. The van der Waals surface area contributed by atoms with Crippen molar-refractivity contribution >= 4 is 11.8 Å². The van der Waals surface area contributed by atoms with E-state index in [2.05, 4.69) is 17.1 Å². The van der Waals surface area contributed by atoms with Gasteiger partial charge in [0.05, 0.1) is 0 Å². The SMILES string of the molecule is C[C@@H]1CCCCN1CCN(CCC(=O)N1CCNCC1)C(=O)c1ccc(F)cc1. The minimum Gasteiger partial charge on any atom is -0.340 e. The Morgan fingerprint density at radius 1 is 1.10 bits per heavy atom. The number of amides is 2. The summed E-state index contributed by atoms with van der Waals surface area (Å²) in [5.74, 6) is -0.401. The van der Waals surface area contributed by atoms with Gasteiger partial charge >= 0.3 is 0 Å². The van der Waals surface area contributed by atoms with Crippen LogP contribution < -0.4 is 5.32 Å². The lowest BCUT2D eigenvalue weighted by atomic mass is 10.0. The van der Waals surface area contributed by atoms with Crippen LogP contribution in [0, 0.1) is 5.82 Å². The maximum Gasteiger partial charge on any atom is 0.253 e. The fraction of sp³-hybridized carbons (Fsp3) is 0.636. The lowest BCUT2D eigenvalue weighted by molar-refractivity contribution is -0.131. The van der Waals surface area contributed by atoms with Crippen LogP contribution in [-0.2, 0) is 4.79 Å². The summed E-state index contributed by atoms with van der Waals surface area (Å²) in [5, 5.41) is 3.24. The predicted octanol–water partition coefficient (Wildman–Crippen LogP) is 1.96. The minimum absolute atomic E-state index is 0.0924. The van der Waals surface area contributed by atoms with Crippen molar-refractivity contribution in [2.75, 3.05) is 52.4 Å². The molecule has 29 heavy (non-hydrogen) atoms. The fourth-order valence-corrected chi connectivity index (χ4v) is 4.13. The van der Waals surface area contributed by atoms with Crippen LogP contribution in [-0.4, -0.2) is 84.9 Å². The molecule has 0 spiro atoms. The van der Waals surface area contributed by atoms with E-state index in [0.29, 0.717) is 31.1 Å². The number of nitrogens with one attached hydrogen (secondary N) is 1. The minimum atomic E-state index is -0.357. The van der Waals surface area contributed by atoms with Gasteiger partial charge in [-0.1, -0.05) is 6.42 Å². The molecule has 0 unspecified atom stereocenters. The number of carbonyl (C=O) groups excluding carboxylic acids is 2. The molecule has 1 atom stereocenters. The van der Waals surface area contributed by atoms with Crippen LogP contribution in [0.1, 0.15) is 43.0 Å². The van der Waals surface area contributed by atoms with Gasteiger partial charge in [-0.3, -0.25) is 14.5 Å². The summed E-state index contributed by atoms with van der Waals surface area (Å²) in [6.07, 6.45) is 3.96. The fourth-order valence-electron chi connectivity index (χ4n) is 4.13. The van der Waals surface area contributed by atoms with E-state index in [4.69, 9.17) is 0 Å². The third kappa shape index (κ3) is 6.24. The molecule has 2 fully saturated rings. The summed E-state index contributed by atoms with van der Waals surface area (Å²) in [5.41, 5.74) is 0.465. The largest absolute Gasteiger partial charge is 0.340 e. The molecule has 0 saturated carbocycles. The van der Waals surface area contributed by atoms with Gasteiger partial charge in [0.15, 0.2) is 0 Å². The van der Waals surface area contributed by atoms with E-state index in [1.807, 2.05) is 4.90 Å². The number of carbonyl (C=O) groups is 2. The van der Waals surface area contributed by atoms with E-state index in [0.717, 1.165) is 39.3 Å². The van der Waals surface area contributed by atoms with E-state index in [1.54, 1.807) is 4.90 Å². The number of piperidine rings is 1. The highest BCUT2D eigenvalue weighted by atomic mass is 19.1. The van der Waals surface area contributed by atoms with Gasteiger partial charge in [0.25, 0.3) is 5.91 Å². The third-order valence-corrected chi connectivity index (χ3v) is 6.04. The molecule has 0 radical (unpaired) electrons. The Hall–Kier alpha value is -1.99. The zero-order valence-electron chi connectivity index (χ0n) is 17.4. The topological polar surface area (TPSA) is 55.9 Å². The van der Waals surface area contributed by atoms with Gasteiger partial charge in [-0.05, 0) is 50.6 Å². The highest BCUT2D eigenvalue weighted by Crippen LogP contribution is 2.16. The number of benzene rings is 1. The zero-order valence-corrected chi connectivity index (χ0v) is 17.4. The summed E-state index contributed by atoms with van der Waals surface area (Å²) in [6, 6.07) is 6.18. The average molecular weight is 405 g/mol. The van der Waals surface area contributed by atoms with Crippen molar-refractivity contribution in [2.24, 2.45) is 0 Å². The van der Waals surface area contributed by atoms with Crippen molar-refractivity contribution in [3.05, 3.63) is 35.6 Å². The van der Waals surface area contributed by atoms with Crippen molar-refractivity contribution in [3.63, 3.8) is 0 Å². The van der Waals surface area contributed by atoms with Gasteiger partial charge in [0.1, 0.15) is 5.82 Å². The molecule has 2 amide bonds. The number of nitrogens with zero attached hydrogens (tertiary/aromatic N) is 3. The van der Waals surface area contributed by atoms with Crippen molar-refractivity contribution < 1.29 is 14.0 Å². The Morgan fingerprint density at radius 2 is 1.83 bits per heavy atom. The first-order chi connectivity index (χ1) is 14.0. The third-order valence-electron chi connectivity index (χ3n) is 6.04. The second-order valence-electron chi connectivity index (χ2n) is 8.06. The zero-order chi connectivity index (χ0) is 20.6. The van der Waals surface area contributed by atoms with Crippen LogP contribution in [0.5, 0.6) is 0 Å². The summed E-state index contributed by atoms with van der Waals surface area (Å²) in [7, 11) is 0. The highest BCUT2D eigenvalue weighted by molar-refractivity contribution is 5.94. The molecule has 6 nitrogen and oxygen atoms in total. The van der Waals surface area contributed by atoms with Gasteiger partial charge in [-0.25, -0.2) is 4.39 Å². The Kier molecular flexibility index (Phi) is 8.00. The number of piperazine rings is 1. The molecule has 7 heteroatoms. The standard InChI is InChI=1S/C22H33FN4O2/c1-18-4-2-3-12-25(18)16-17-27(22(29)19-5-7-20(23)8-6-19)13-9-21(28)26-14-10-24-11-15-26/h5-8,18,24H,2-4,9-17H2,1H3/t18-/m1/s1. The predicted molar refractivity (Wildman–Crippen MR) is 111 cm³/mol. The molecule has 2 saturated heterocycles. The molecule has 0 aromatic heterocycles. The smallest absolute Gasteiger partial charge is 0.253 e. The van der Waals surface area contributed by atoms with Crippen molar-refractivity contribution in [2.45, 2.75) is 38.6 Å². The number of rotatable bonds is 7. The molecule has 2 heterocycles. The van der Waals surface area contributed by atoms with Crippen LogP contribution in [0.2, 0.25) is 0 Å². The Balaban J connectivity index is 1.62. The van der Waals surface area contributed by atoms with Crippen LogP contribution in [0.25, 0.3) is 0 Å². The number of hydrogen-bond donors (Lipinski definition) is 1. The monoisotopic (exact) mass is 404 g/mol. The quantitative estimate of drug-likeness (QED) is 0.755. The van der Waals surface area contributed by atoms with Crippen molar-refractivity contribution in [3.8, 4) is 0 Å². The molecule has 1 aromatic rings. The first-order valence-electron chi connectivity index (χ1n) is 10.8. The first-order valence-corrected chi connectivity index (χ1v) is 10.8. The first kappa shape index (κ1) is 21.7. The van der Waals surface area contributed by atoms with Crippen LogP contribution in [0.4, 0.5) is 4.39 Å². The van der Waals surface area contributed by atoms with Gasteiger partial charge in [-0.15, -0.1) is 0 Å². The van der Waals surface area contributed by atoms with Crippen LogP contribution in [0.3, 0.4) is 0 Å². The molecule has 1 N–H and O–H groups in total. The second kappa shape index (κ2) is 10.7. The van der Waals surface area contributed by atoms with Gasteiger partial charge in [0.2, 0.25) is 5.91 Å². The van der Waals surface area contributed by atoms with Gasteiger partial charge in [0, 0.05) is 63.8 Å². The van der Waals surface area contributed by atoms with E-state index in [9.17, 15) is 14.0 Å². The molecule has 3 rings (SSSR count). The lowest BCUT2D eigenvalue weighted by Crippen LogP contribution is -2.48. The molecule has 2 aliphatic heterocycles. The maximum absolute atomic E-state index is 13.3. The van der Waals surface area contributed by atoms with Crippen molar-refractivity contribution in [1.29, 1.82) is 0 Å². The van der Waals surface area contributed by atoms with Crippen LogP contribution >= 0.6 is 0 Å². The Morgan fingerprint density at radius 3 is 2.52 bits per heavy atom. The average Bonchev–Trinajstić information content (AvgIpc) is 2.75. The van der Waals surface area contributed by atoms with E-state index in [1.165, 1.54) is 43.5 Å². The summed E-state index contributed by atoms with van der Waals surface area (Å²) in [6.45, 7) is 8.13. The van der Waals surface area contributed by atoms with E-state index >= 15 is 0 Å². The van der Waals surface area contributed by atoms with E-state index in [-0.39, 0.29) is 17.6 Å². The van der Waals surface area contributed by atoms with E-state index < -0.39 is 0 Å². The summed E-state index contributed by atoms with van der Waals surface area (Å²) >= 11 is 0. The molecular weight excluding hydrogens is 371 g/mol. The number of likely N-dealkylation sites (tertiary alicyclic amines) is 1.